The summed E-state index contributed by atoms with van der Waals surface area (Å²) in [5.74, 6) is -11.8. The van der Waals surface area contributed by atoms with Crippen molar-refractivity contribution in [3.05, 3.63) is 206 Å². The van der Waals surface area contributed by atoms with Crippen molar-refractivity contribution in [2.75, 3.05) is 26.4 Å². The fourth-order valence-corrected chi connectivity index (χ4v) is 14.4. The lowest BCUT2D eigenvalue weighted by atomic mass is 9.86. The molecular weight excluding hydrogens is 1260 g/mol. The third-order valence-electron chi connectivity index (χ3n) is 14.3. The van der Waals surface area contributed by atoms with Crippen molar-refractivity contribution < 1.29 is 89.6 Å². The highest BCUT2D eigenvalue weighted by Gasteiger charge is 2.62. The predicted octanol–water partition coefficient (Wildman–Crippen LogP) is 15.5. The van der Waals surface area contributed by atoms with Crippen LogP contribution in [0, 0.1) is 0 Å². The van der Waals surface area contributed by atoms with Gasteiger partial charge < -0.3 is 28.1 Å². The molecule has 6 aromatic carbocycles. The van der Waals surface area contributed by atoms with E-state index < -0.39 is 105 Å². The minimum atomic E-state index is -6.53. The second kappa shape index (κ2) is 33.8. The van der Waals surface area contributed by atoms with E-state index in [-0.39, 0.29) is 32.9 Å². The molecule has 0 spiro atoms. The van der Waals surface area contributed by atoms with Crippen LogP contribution >= 0.6 is 0 Å². The maximum atomic E-state index is 13.2. The fraction of sp³-hybridized carbons (Fsp3) is 0.364. The first-order valence-corrected chi connectivity index (χ1v) is 33.9. The van der Waals surface area contributed by atoms with Crippen molar-refractivity contribution in [3.63, 3.8) is 0 Å². The average molecular weight is 1340 g/mol. The average Bonchev–Trinajstić information content (AvgIpc) is 1.22. The summed E-state index contributed by atoms with van der Waals surface area (Å²) in [6.07, 6.45) is 4.60. The molecule has 0 unspecified atom stereocenters. The molecule has 90 heavy (non-hydrogen) atoms. The summed E-state index contributed by atoms with van der Waals surface area (Å²) < 4.78 is 186. The normalized spacial score (nSPS) is 15.0. The van der Waals surface area contributed by atoms with E-state index in [1.807, 2.05) is 6.92 Å². The van der Waals surface area contributed by atoms with Gasteiger partial charge in [0.15, 0.2) is 49.6 Å². The quantitative estimate of drug-likeness (QED) is 0.0132. The van der Waals surface area contributed by atoms with E-state index in [1.165, 1.54) is 29.4 Å². The molecule has 2 aliphatic carbocycles. The first-order chi connectivity index (χ1) is 42.4. The third-order valence-corrected chi connectivity index (χ3v) is 20.6. The van der Waals surface area contributed by atoms with Crippen LogP contribution in [0.5, 0.6) is 0 Å². The van der Waals surface area contributed by atoms with Crippen LogP contribution in [0.2, 0.25) is 0 Å². The second-order valence-electron chi connectivity index (χ2n) is 21.2. The molecule has 2 fully saturated rings. The van der Waals surface area contributed by atoms with E-state index in [0.717, 1.165) is 32.1 Å². The van der Waals surface area contributed by atoms with Gasteiger partial charge in [-0.05, 0) is 138 Å². The van der Waals surface area contributed by atoms with Crippen molar-refractivity contribution in [3.8, 4) is 0 Å². The number of halogens is 8. The first-order valence-electron chi connectivity index (χ1n) is 28.6. The van der Waals surface area contributed by atoms with E-state index in [4.69, 9.17) is 9.47 Å². The Morgan fingerprint density at radius 1 is 0.456 bits per heavy atom. The Hall–Kier alpha value is -6.38. The van der Waals surface area contributed by atoms with Crippen LogP contribution in [0.25, 0.3) is 0 Å². The maximum absolute atomic E-state index is 13.2. The van der Waals surface area contributed by atoms with Crippen LogP contribution < -0.4 is 0 Å². The number of hydrogen-bond donors (Lipinski definition) is 0. The van der Waals surface area contributed by atoms with Crippen molar-refractivity contribution in [2.45, 2.75) is 154 Å². The molecule has 0 N–H and O–H groups in total. The molecule has 6 aromatic rings. The molecule has 12 nitrogen and oxygen atoms in total. The van der Waals surface area contributed by atoms with Crippen molar-refractivity contribution in [2.24, 2.45) is 0 Å². The molecule has 24 heteroatoms. The zero-order valence-electron chi connectivity index (χ0n) is 49.6. The smallest absolute Gasteiger partial charge is 0.396 e. The lowest BCUT2D eigenvalue weighted by Gasteiger charge is -2.33. The fourth-order valence-electron chi connectivity index (χ4n) is 9.24. The van der Waals surface area contributed by atoms with E-state index in [1.54, 1.807) is 6.92 Å². The van der Waals surface area contributed by atoms with Crippen LogP contribution in [-0.4, -0.2) is 97.9 Å². The Bertz CT molecular complexity index is 3110. The molecule has 0 bridgehead atoms. The Morgan fingerprint density at radius 3 is 0.967 bits per heavy atom. The number of alkyl halides is 8. The summed E-state index contributed by atoms with van der Waals surface area (Å²) in [5.41, 5.74) is -1.60. The largest absolute Gasteiger partial charge is 0.743 e. The molecule has 8 rings (SSSR count). The predicted molar refractivity (Wildman–Crippen MR) is 326 cm³/mol. The molecule has 0 saturated heterocycles. The first kappa shape index (κ1) is 74.3. The number of hydrogen-bond acceptors (Lipinski definition) is 12. The summed E-state index contributed by atoms with van der Waals surface area (Å²) >= 11 is 0. The highest BCUT2D eigenvalue weighted by molar-refractivity contribution is 7.97. The van der Waals surface area contributed by atoms with Gasteiger partial charge in [-0.2, -0.15) is 35.1 Å². The van der Waals surface area contributed by atoms with Gasteiger partial charge >= 0.3 is 34.3 Å². The summed E-state index contributed by atoms with van der Waals surface area (Å²) in [4.78, 5) is 32.0. The highest BCUT2D eigenvalue weighted by atomic mass is 32.2. The van der Waals surface area contributed by atoms with Crippen LogP contribution in [0.1, 0.15) is 90.9 Å². The Kier molecular flexibility index (Phi) is 27.9. The van der Waals surface area contributed by atoms with Crippen molar-refractivity contribution in [1.82, 2.24) is 0 Å². The SMILES string of the molecule is C=C(COCCC(F)(F)C(F)(F)S(=O)(=O)[O-])C(=O)OC1(C)CCCCC1.C=C(COCCC(F)(F)C(F)(F)S(=O)(=O)[O-])C(=O)OC1(CC)CCCC1.c1ccc([S+](c2ccccc2)c2ccccc2)cc1.c1ccc([S+](c2ccccc2)c2ccccc2)cc1. The van der Waals surface area contributed by atoms with Gasteiger partial charge in [0.05, 0.1) is 59.4 Å². The van der Waals surface area contributed by atoms with Crippen molar-refractivity contribution in [1.29, 1.82) is 0 Å². The maximum Gasteiger partial charge on any atom is 0.396 e. The third kappa shape index (κ3) is 21.4. The Balaban J connectivity index is 0.000000220. The minimum absolute atomic E-state index is 0.0146. The van der Waals surface area contributed by atoms with Crippen LogP contribution in [0.3, 0.4) is 0 Å². The molecule has 0 heterocycles. The van der Waals surface area contributed by atoms with Gasteiger partial charge in [0, 0.05) is 12.8 Å². The molecule has 0 radical (unpaired) electrons. The van der Waals surface area contributed by atoms with Gasteiger partial charge in [-0.25, -0.2) is 26.4 Å². The van der Waals surface area contributed by atoms with E-state index in [9.17, 15) is 70.7 Å². The number of esters is 2. The number of carbonyl (C=O) groups excluding carboxylic acids is 2. The van der Waals surface area contributed by atoms with Gasteiger partial charge in [-0.1, -0.05) is 136 Å². The molecule has 0 atom stereocenters. The highest BCUT2D eigenvalue weighted by Crippen LogP contribution is 2.43. The molecule has 0 aliphatic heterocycles. The number of benzene rings is 6. The van der Waals surface area contributed by atoms with Gasteiger partial charge in [-0.15, -0.1) is 0 Å². The van der Waals surface area contributed by atoms with Crippen molar-refractivity contribution >= 4 is 54.0 Å². The van der Waals surface area contributed by atoms with Crippen LogP contribution in [-0.2, 0) is 70.6 Å². The summed E-state index contributed by atoms with van der Waals surface area (Å²) in [6.45, 7) is 7.30. The van der Waals surface area contributed by atoms with Crippen LogP contribution in [0.15, 0.2) is 236 Å². The number of rotatable bonds is 25. The Labute approximate surface area is 527 Å². The van der Waals surface area contributed by atoms with Gasteiger partial charge in [0.2, 0.25) is 0 Å². The van der Waals surface area contributed by atoms with E-state index in [2.05, 4.69) is 205 Å². The zero-order valence-corrected chi connectivity index (χ0v) is 52.9. The molecule has 2 saturated carbocycles. The molecule has 0 aromatic heterocycles. The van der Waals surface area contributed by atoms with E-state index >= 15 is 0 Å². The molecule has 0 amide bonds. The molecule has 2 aliphatic rings. The topological polar surface area (TPSA) is 185 Å². The van der Waals surface area contributed by atoms with Gasteiger partial charge in [0.25, 0.3) is 0 Å². The number of ether oxygens (including phenoxy) is 4. The summed E-state index contributed by atoms with van der Waals surface area (Å²) in [5, 5.41) is -11.5. The van der Waals surface area contributed by atoms with Gasteiger partial charge in [0.1, 0.15) is 11.2 Å². The lowest BCUT2D eigenvalue weighted by molar-refractivity contribution is -0.171. The minimum Gasteiger partial charge on any atom is -0.743 e. The Morgan fingerprint density at radius 2 is 0.711 bits per heavy atom. The standard InChI is InChI=1S/2C18H15S.2C15H22F4O6S/c2*1-4-10-16(11-5-1)19(17-12-6-2-7-13-17)18-14-8-3-9-15-18;1-11(12(20)25-13(2)6-4-3-5-7-13)10-24-9-8-14(16,17)15(18,19)26(21,22)23;1-3-13(6-4-5-7-13)25-12(20)11(2)10-24-9-8-14(16,17)15(18,19)26(21,22)23/h2*1-15H;1,3-10H2,2H3,(H,21,22,23);2-10H2,1H3,(H,21,22,23)/q2*+1;;/p-2. The zero-order chi connectivity index (χ0) is 66.3. The second-order valence-corrected chi connectivity index (χ2v) is 28.1. The number of carbonyl (C=O) groups is 2. The molecule has 488 valence electrons. The summed E-state index contributed by atoms with van der Waals surface area (Å²) in [6, 6.07) is 64.3. The molecular formula is C66H72F8O12S4. The van der Waals surface area contributed by atoms with E-state index in [0.29, 0.717) is 32.1 Å². The lowest BCUT2D eigenvalue weighted by Crippen LogP contribution is -2.47. The monoisotopic (exact) mass is 1340 g/mol. The van der Waals surface area contributed by atoms with Gasteiger partial charge in [-0.3, -0.25) is 0 Å². The summed E-state index contributed by atoms with van der Waals surface area (Å²) in [7, 11) is -13.1. The van der Waals surface area contributed by atoms with Crippen LogP contribution in [0.4, 0.5) is 35.1 Å².